The molecular formula is C29H38FN5O7S. The maximum Gasteiger partial charge on any atom is 0.410 e. The smallest absolute Gasteiger partial charge is 0.410 e. The molecule has 1 aromatic rings. The van der Waals surface area contributed by atoms with Crippen LogP contribution in [0.25, 0.3) is 0 Å². The van der Waals surface area contributed by atoms with Gasteiger partial charge in [0.1, 0.15) is 23.5 Å². The van der Waals surface area contributed by atoms with Crippen LogP contribution in [-0.4, -0.2) is 77.6 Å². The number of fused-ring (bicyclic) bond motifs is 1. The minimum atomic E-state index is -3.87. The summed E-state index contributed by atoms with van der Waals surface area (Å²) in [5.41, 5.74) is 5.15. The first kappa shape index (κ1) is 30.9. The molecule has 2 aliphatic carbocycles. The molecule has 5 atom stereocenters. The topological polar surface area (TPSA) is 168 Å². The Balaban J connectivity index is 1.32. The van der Waals surface area contributed by atoms with Gasteiger partial charge in [-0.25, -0.2) is 17.6 Å². The van der Waals surface area contributed by atoms with Gasteiger partial charge in [-0.3, -0.25) is 24.0 Å². The number of likely N-dealkylation sites (tertiary alicyclic amines) is 1. The lowest BCUT2D eigenvalue weighted by atomic mass is 9.86. The van der Waals surface area contributed by atoms with Gasteiger partial charge >= 0.3 is 6.09 Å². The molecule has 2 heterocycles. The summed E-state index contributed by atoms with van der Waals surface area (Å²) in [5, 5.41) is 2.05. The third kappa shape index (κ3) is 5.99. The second-order valence-corrected chi connectivity index (χ2v) is 15.0. The maximum atomic E-state index is 14.2. The van der Waals surface area contributed by atoms with E-state index in [0.29, 0.717) is 24.0 Å². The Kier molecular flexibility index (Phi) is 7.83. The van der Waals surface area contributed by atoms with Crippen molar-refractivity contribution in [1.82, 2.24) is 19.8 Å². The third-order valence-corrected chi connectivity index (χ3v) is 10.6. The summed E-state index contributed by atoms with van der Waals surface area (Å²) in [4.78, 5) is 56.1. The number of sulfonamides is 1. The quantitative estimate of drug-likeness (QED) is 0.366. The number of rotatable bonds is 8. The van der Waals surface area contributed by atoms with E-state index in [4.69, 9.17) is 10.5 Å². The van der Waals surface area contributed by atoms with Crippen molar-refractivity contribution < 1.29 is 36.7 Å². The number of ether oxygens (including phenoxy) is 1. The van der Waals surface area contributed by atoms with Gasteiger partial charge < -0.3 is 20.7 Å². The molecule has 1 saturated heterocycles. The Labute approximate surface area is 250 Å². The summed E-state index contributed by atoms with van der Waals surface area (Å²) in [7, 11) is -3.87. The zero-order valence-electron chi connectivity index (χ0n) is 24.5. The predicted octanol–water partition coefficient (Wildman–Crippen LogP) is 1.29. The lowest BCUT2D eigenvalue weighted by molar-refractivity contribution is -0.142. The van der Waals surface area contributed by atoms with E-state index < -0.39 is 80.0 Å². The van der Waals surface area contributed by atoms with E-state index in [1.807, 2.05) is 0 Å². The van der Waals surface area contributed by atoms with Gasteiger partial charge in [-0.05, 0) is 36.3 Å². The number of halogens is 1. The van der Waals surface area contributed by atoms with Crippen molar-refractivity contribution >= 4 is 33.8 Å². The molecule has 4 amide bonds. The van der Waals surface area contributed by atoms with Gasteiger partial charge in [-0.15, -0.1) is 6.58 Å². The zero-order chi connectivity index (χ0) is 31.5. The van der Waals surface area contributed by atoms with Crippen LogP contribution in [0.15, 0.2) is 30.9 Å². The van der Waals surface area contributed by atoms with Gasteiger partial charge in [0, 0.05) is 24.4 Å². The van der Waals surface area contributed by atoms with E-state index in [0.717, 1.165) is 0 Å². The van der Waals surface area contributed by atoms with Crippen molar-refractivity contribution in [3.05, 3.63) is 47.8 Å². The number of carbonyl (C=O) groups is 4. The minimum absolute atomic E-state index is 0.0271. The molecule has 4 N–H and O–H groups in total. The molecule has 2 saturated carbocycles. The molecule has 0 bridgehead atoms. The molecule has 1 aromatic carbocycles. The second kappa shape index (κ2) is 10.9. The van der Waals surface area contributed by atoms with Crippen LogP contribution in [-0.2, 0) is 42.2 Å². The Hall–Kier alpha value is -3.52. The molecule has 2 aliphatic heterocycles. The van der Waals surface area contributed by atoms with Gasteiger partial charge in [-0.2, -0.15) is 0 Å². The van der Waals surface area contributed by atoms with Gasteiger partial charge in [0.05, 0.1) is 24.4 Å². The van der Waals surface area contributed by atoms with Crippen LogP contribution >= 0.6 is 0 Å². The summed E-state index contributed by atoms with van der Waals surface area (Å²) < 4.78 is 46.9. The Bertz CT molecular complexity index is 1470. The summed E-state index contributed by atoms with van der Waals surface area (Å²) in [6, 6.07) is 2.47. The van der Waals surface area contributed by atoms with Crippen molar-refractivity contribution in [3.8, 4) is 0 Å². The van der Waals surface area contributed by atoms with Crippen LogP contribution in [0, 0.1) is 17.2 Å². The van der Waals surface area contributed by atoms with E-state index in [9.17, 15) is 32.0 Å². The Morgan fingerprint density at radius 3 is 2.49 bits per heavy atom. The van der Waals surface area contributed by atoms with Gasteiger partial charge in [-0.1, -0.05) is 39.0 Å². The summed E-state index contributed by atoms with van der Waals surface area (Å²) >= 11 is 0. The number of hydrogen-bond donors (Lipinski definition) is 3. The molecule has 4 aliphatic rings. The van der Waals surface area contributed by atoms with E-state index in [1.165, 1.54) is 21.9 Å². The largest absolute Gasteiger partial charge is 0.444 e. The van der Waals surface area contributed by atoms with Crippen LogP contribution in [0.4, 0.5) is 9.18 Å². The van der Waals surface area contributed by atoms with E-state index in [1.54, 1.807) is 32.9 Å². The van der Waals surface area contributed by atoms with E-state index in [-0.39, 0.29) is 32.5 Å². The highest BCUT2D eigenvalue weighted by Crippen LogP contribution is 2.45. The molecule has 5 rings (SSSR count). The molecule has 234 valence electrons. The zero-order valence-corrected chi connectivity index (χ0v) is 25.3. The van der Waals surface area contributed by atoms with Gasteiger partial charge in [0.15, 0.2) is 0 Å². The lowest BCUT2D eigenvalue weighted by Gasteiger charge is -2.33. The summed E-state index contributed by atoms with van der Waals surface area (Å²) in [6.45, 7) is 9.10. The molecule has 0 spiro atoms. The molecule has 12 nitrogen and oxygen atoms in total. The first-order chi connectivity index (χ1) is 20.1. The van der Waals surface area contributed by atoms with Crippen molar-refractivity contribution in [3.63, 3.8) is 0 Å². The van der Waals surface area contributed by atoms with Crippen LogP contribution in [0.5, 0.6) is 0 Å². The van der Waals surface area contributed by atoms with Crippen LogP contribution in [0.2, 0.25) is 0 Å². The van der Waals surface area contributed by atoms with E-state index in [2.05, 4.69) is 16.6 Å². The SMILES string of the molecule is C=C[C@H]1C[C@@]1(NC(=O)C1C[C@@H](OC(=O)N2Cc3cccc(F)c3C2)CN1C(=O)[C@@H](N)C(C)(C)C)C(=O)NS(=O)(=O)C1CC1. The predicted molar refractivity (Wildman–Crippen MR) is 153 cm³/mol. The van der Waals surface area contributed by atoms with Gasteiger partial charge in [0.25, 0.3) is 5.91 Å². The van der Waals surface area contributed by atoms with Crippen LogP contribution in [0.1, 0.15) is 57.6 Å². The highest BCUT2D eigenvalue weighted by molar-refractivity contribution is 7.91. The molecule has 14 heteroatoms. The first-order valence-corrected chi connectivity index (χ1v) is 15.9. The minimum Gasteiger partial charge on any atom is -0.444 e. The summed E-state index contributed by atoms with van der Waals surface area (Å²) in [6.07, 6.45) is 0.842. The Morgan fingerprint density at radius 2 is 1.91 bits per heavy atom. The number of nitrogens with two attached hydrogens (primary N) is 1. The van der Waals surface area contributed by atoms with Crippen molar-refractivity contribution in [2.24, 2.45) is 17.1 Å². The average molecular weight is 620 g/mol. The number of amides is 4. The maximum absolute atomic E-state index is 14.2. The molecule has 3 fully saturated rings. The fraction of sp³-hybridized carbons (Fsp3) is 0.586. The van der Waals surface area contributed by atoms with Crippen molar-refractivity contribution in [2.45, 2.75) is 88.5 Å². The monoisotopic (exact) mass is 619 g/mol. The van der Waals surface area contributed by atoms with E-state index >= 15 is 0 Å². The van der Waals surface area contributed by atoms with Crippen LogP contribution in [0.3, 0.4) is 0 Å². The van der Waals surface area contributed by atoms with Crippen molar-refractivity contribution in [1.29, 1.82) is 0 Å². The fourth-order valence-electron chi connectivity index (χ4n) is 5.67. The number of nitrogens with one attached hydrogen (secondary N) is 2. The fourth-order valence-corrected chi connectivity index (χ4v) is 7.03. The molecule has 43 heavy (non-hydrogen) atoms. The normalized spacial score (nSPS) is 27.2. The number of nitrogens with zero attached hydrogens (tertiary/aromatic N) is 2. The molecular weight excluding hydrogens is 581 g/mol. The third-order valence-electron chi connectivity index (χ3n) is 8.75. The average Bonchev–Trinajstić information content (AvgIpc) is 3.82. The first-order valence-electron chi connectivity index (χ1n) is 14.4. The summed E-state index contributed by atoms with van der Waals surface area (Å²) in [5.74, 6) is -3.03. The van der Waals surface area contributed by atoms with Crippen molar-refractivity contribution in [2.75, 3.05) is 6.54 Å². The lowest BCUT2D eigenvalue weighted by Crippen LogP contribution is -2.59. The number of benzene rings is 1. The second-order valence-electron chi connectivity index (χ2n) is 13.0. The standard InChI is InChI=1S/C29H38FN5O7S/c1-5-17-12-29(17,26(38)33-43(40,41)19-9-10-19)32-24(36)22-11-18(14-35(22)25(37)23(31)28(2,3)4)42-27(39)34-13-16-7-6-8-21(30)20(16)15-34/h5-8,17-19,22-23H,1,9-15,31H2,2-4H3,(H,32,36)(H,33,38)/t17-,18+,22?,23+,29-/m0/s1. The Morgan fingerprint density at radius 1 is 1.21 bits per heavy atom. The van der Waals surface area contributed by atoms with Gasteiger partial charge in [0.2, 0.25) is 21.8 Å². The number of hydrogen-bond acceptors (Lipinski definition) is 8. The molecule has 0 radical (unpaired) electrons. The number of carbonyl (C=O) groups excluding carboxylic acids is 4. The highest BCUT2D eigenvalue weighted by Gasteiger charge is 2.62. The highest BCUT2D eigenvalue weighted by atomic mass is 32.2. The molecule has 1 unspecified atom stereocenters. The molecule has 0 aromatic heterocycles. The van der Waals surface area contributed by atoms with Crippen LogP contribution < -0.4 is 15.8 Å².